The van der Waals surface area contributed by atoms with Crippen LogP contribution in [0.15, 0.2) is 24.3 Å². The Hall–Kier alpha value is -1.24. The van der Waals surface area contributed by atoms with Crippen LogP contribution < -0.4 is 11.1 Å². The maximum absolute atomic E-state index is 14.4. The lowest BCUT2D eigenvalue weighted by atomic mass is 9.90. The summed E-state index contributed by atoms with van der Waals surface area (Å²) in [7, 11) is 0. The molecule has 5 rings (SSSR count). The van der Waals surface area contributed by atoms with Gasteiger partial charge in [-0.3, -0.25) is 15.1 Å². The van der Waals surface area contributed by atoms with Gasteiger partial charge in [0.25, 0.3) is 5.92 Å². The molecule has 0 bridgehead atoms. The van der Waals surface area contributed by atoms with Crippen molar-refractivity contribution in [3.63, 3.8) is 0 Å². The first-order valence-electron chi connectivity index (χ1n) is 11.4. The first-order chi connectivity index (χ1) is 15.3. The Kier molecular flexibility index (Phi) is 6.00. The summed E-state index contributed by atoms with van der Waals surface area (Å²) < 4.78 is 40.5. The first-order valence-corrected chi connectivity index (χ1v) is 11.4. The molecule has 8 nitrogen and oxygen atoms in total. The lowest BCUT2D eigenvalue weighted by Gasteiger charge is -2.46. The predicted octanol–water partition coefficient (Wildman–Crippen LogP) is 0.502. The number of hydrogen-bond acceptors (Lipinski definition) is 8. The molecule has 5 N–H and O–H groups in total. The highest BCUT2D eigenvalue weighted by Crippen LogP contribution is 2.46. The van der Waals surface area contributed by atoms with Crippen molar-refractivity contribution in [3.8, 4) is 0 Å². The normalized spacial score (nSPS) is 42.1. The van der Waals surface area contributed by atoms with E-state index in [1.54, 1.807) is 18.2 Å². The van der Waals surface area contributed by atoms with Gasteiger partial charge in [-0.25, -0.2) is 0 Å². The molecule has 0 radical (unpaired) electrons. The van der Waals surface area contributed by atoms with Gasteiger partial charge in [-0.1, -0.05) is 31.2 Å². The number of nitrogens with zero attached hydrogens (tertiary/aromatic N) is 2. The van der Waals surface area contributed by atoms with Gasteiger partial charge >= 0.3 is 0 Å². The molecular weight excluding hydrogens is 422 g/mol. The minimum Gasteiger partial charge on any atom is -0.387 e. The summed E-state index contributed by atoms with van der Waals surface area (Å²) in [5.74, 6) is -2.95. The Bertz CT molecular complexity index is 833. The van der Waals surface area contributed by atoms with Crippen LogP contribution in [0.2, 0.25) is 0 Å². The molecule has 1 aromatic rings. The smallest absolute Gasteiger partial charge is 0.296 e. The molecule has 4 aliphatic rings. The van der Waals surface area contributed by atoms with Crippen molar-refractivity contribution in [2.75, 3.05) is 26.4 Å². The van der Waals surface area contributed by atoms with Crippen LogP contribution in [0.3, 0.4) is 0 Å². The van der Waals surface area contributed by atoms with Gasteiger partial charge in [-0.2, -0.15) is 8.78 Å². The standard InChI is InChI=1S/C22H32F2N4O4/c1-2-8-27-11-26-19(25)13-7-9-28(20(13)27)21-16(30)15(29)18(32-21)17-12-5-3-4-6-14(12)22(23,24)10-31-17/h3-6,13,15-21,26,29-30H,2,7-11,25H2,1H3/t13?,15-,16+,17+,18-,19?,20?,21+/m0/s1. The molecule has 10 heteroatoms. The van der Waals surface area contributed by atoms with E-state index in [1.807, 2.05) is 0 Å². The lowest BCUT2D eigenvalue weighted by Crippen LogP contribution is -2.65. The zero-order valence-corrected chi connectivity index (χ0v) is 18.1. The summed E-state index contributed by atoms with van der Waals surface area (Å²) >= 11 is 0. The number of alkyl halides is 2. The van der Waals surface area contributed by atoms with E-state index in [9.17, 15) is 19.0 Å². The van der Waals surface area contributed by atoms with Crippen LogP contribution in [-0.2, 0) is 15.4 Å². The van der Waals surface area contributed by atoms with Crippen molar-refractivity contribution in [1.82, 2.24) is 15.1 Å². The van der Waals surface area contributed by atoms with Gasteiger partial charge in [0.15, 0.2) is 0 Å². The van der Waals surface area contributed by atoms with E-state index in [4.69, 9.17) is 15.2 Å². The molecule has 4 aliphatic heterocycles. The maximum atomic E-state index is 14.4. The molecule has 0 saturated carbocycles. The number of nitrogens with one attached hydrogen (secondary N) is 1. The van der Waals surface area contributed by atoms with Crippen LogP contribution >= 0.6 is 0 Å². The van der Waals surface area contributed by atoms with Crippen molar-refractivity contribution in [1.29, 1.82) is 0 Å². The van der Waals surface area contributed by atoms with Gasteiger partial charge in [-0.05, 0) is 18.4 Å². The zero-order valence-electron chi connectivity index (χ0n) is 18.1. The van der Waals surface area contributed by atoms with Gasteiger partial charge in [0.1, 0.15) is 37.3 Å². The summed E-state index contributed by atoms with van der Waals surface area (Å²) in [6.45, 7) is 3.47. The van der Waals surface area contributed by atoms with E-state index in [1.165, 1.54) is 6.07 Å². The molecule has 3 saturated heterocycles. The third-order valence-electron chi connectivity index (χ3n) is 7.33. The van der Waals surface area contributed by atoms with E-state index < -0.39 is 43.2 Å². The minimum atomic E-state index is -3.11. The van der Waals surface area contributed by atoms with Gasteiger partial charge < -0.3 is 25.4 Å². The van der Waals surface area contributed by atoms with Crippen molar-refractivity contribution in [2.24, 2.45) is 11.7 Å². The van der Waals surface area contributed by atoms with Crippen LogP contribution in [0.5, 0.6) is 0 Å². The highest BCUT2D eigenvalue weighted by atomic mass is 19.3. The molecule has 3 unspecified atom stereocenters. The number of fused-ring (bicyclic) bond motifs is 2. The van der Waals surface area contributed by atoms with Crippen LogP contribution in [0.25, 0.3) is 0 Å². The van der Waals surface area contributed by atoms with Crippen LogP contribution in [0.1, 0.15) is 37.0 Å². The van der Waals surface area contributed by atoms with Gasteiger partial charge in [0, 0.05) is 24.6 Å². The van der Waals surface area contributed by atoms with Crippen LogP contribution in [0.4, 0.5) is 8.78 Å². The summed E-state index contributed by atoms with van der Waals surface area (Å²) in [6, 6.07) is 6.18. The summed E-state index contributed by atoms with van der Waals surface area (Å²) in [6.07, 6.45) is -3.45. The largest absolute Gasteiger partial charge is 0.387 e. The van der Waals surface area contributed by atoms with E-state index in [-0.39, 0.29) is 29.4 Å². The van der Waals surface area contributed by atoms with Crippen molar-refractivity contribution in [2.45, 2.75) is 68.7 Å². The molecule has 0 aliphatic carbocycles. The molecule has 8 atom stereocenters. The molecule has 1 aromatic carbocycles. The number of benzene rings is 1. The average molecular weight is 455 g/mol. The summed E-state index contributed by atoms with van der Waals surface area (Å²) in [5.41, 5.74) is 6.48. The van der Waals surface area contributed by atoms with Crippen molar-refractivity contribution < 1.29 is 28.5 Å². The van der Waals surface area contributed by atoms with E-state index in [2.05, 4.69) is 22.0 Å². The third-order valence-corrected chi connectivity index (χ3v) is 7.33. The second-order valence-corrected chi connectivity index (χ2v) is 9.30. The SMILES string of the molecule is CCCN1CNC(N)C2CCN([C@@H]3O[C@H]([C@@H]4OCC(F)(F)c5ccccc54)[C@@H](O)[C@H]3O)C21. The first kappa shape index (κ1) is 22.5. The quantitative estimate of drug-likeness (QED) is 0.522. The van der Waals surface area contributed by atoms with Gasteiger partial charge in [0.2, 0.25) is 0 Å². The Morgan fingerprint density at radius 3 is 2.81 bits per heavy atom. The second kappa shape index (κ2) is 8.52. The number of rotatable bonds is 4. The van der Waals surface area contributed by atoms with Crippen molar-refractivity contribution in [3.05, 3.63) is 35.4 Å². The topological polar surface area (TPSA) is 103 Å². The Morgan fingerprint density at radius 2 is 2.03 bits per heavy atom. The molecule has 4 heterocycles. The number of hydrogen-bond donors (Lipinski definition) is 4. The second-order valence-electron chi connectivity index (χ2n) is 9.30. The molecule has 0 amide bonds. The van der Waals surface area contributed by atoms with E-state index >= 15 is 0 Å². The summed E-state index contributed by atoms with van der Waals surface area (Å²) in [5, 5.41) is 25.2. The Morgan fingerprint density at radius 1 is 1.25 bits per heavy atom. The fourth-order valence-electron chi connectivity index (χ4n) is 5.84. The van der Waals surface area contributed by atoms with Crippen LogP contribution in [0, 0.1) is 5.92 Å². The predicted molar refractivity (Wildman–Crippen MR) is 111 cm³/mol. The third kappa shape index (κ3) is 3.57. The monoisotopic (exact) mass is 454 g/mol. The maximum Gasteiger partial charge on any atom is 0.296 e. The lowest BCUT2D eigenvalue weighted by molar-refractivity contribution is -0.184. The number of ether oxygens (including phenoxy) is 2. The highest BCUT2D eigenvalue weighted by molar-refractivity contribution is 5.36. The number of halogens is 2. The van der Waals surface area contributed by atoms with E-state index in [0.717, 1.165) is 19.4 Å². The number of aliphatic hydroxyl groups excluding tert-OH is 2. The zero-order chi connectivity index (χ0) is 22.6. The molecule has 0 aromatic heterocycles. The van der Waals surface area contributed by atoms with Gasteiger partial charge in [0.05, 0.1) is 19.0 Å². The minimum absolute atomic E-state index is 0.0271. The fraction of sp³-hybridized carbons (Fsp3) is 0.727. The Labute approximate surface area is 186 Å². The fourth-order valence-corrected chi connectivity index (χ4v) is 5.84. The van der Waals surface area contributed by atoms with Crippen molar-refractivity contribution >= 4 is 0 Å². The molecule has 3 fully saturated rings. The number of nitrogens with two attached hydrogens (primary N) is 1. The number of likely N-dealkylation sites (tertiary alicyclic amines) is 1. The Balaban J connectivity index is 1.40. The molecule has 178 valence electrons. The van der Waals surface area contributed by atoms with Gasteiger partial charge in [-0.15, -0.1) is 0 Å². The van der Waals surface area contributed by atoms with E-state index in [0.29, 0.717) is 13.2 Å². The molecular formula is C22H32F2N4O4. The average Bonchev–Trinajstić information content (AvgIpc) is 3.34. The summed E-state index contributed by atoms with van der Waals surface area (Å²) in [4.78, 5) is 4.35. The van der Waals surface area contributed by atoms with Crippen LogP contribution in [-0.4, -0.2) is 83.2 Å². The molecule has 0 spiro atoms. The molecule has 32 heavy (non-hydrogen) atoms. The highest BCUT2D eigenvalue weighted by Gasteiger charge is 2.56. The number of aliphatic hydroxyl groups is 2.